The van der Waals surface area contributed by atoms with Crippen molar-refractivity contribution in [3.05, 3.63) is 47.7 Å². The van der Waals surface area contributed by atoms with Crippen molar-refractivity contribution in [1.82, 2.24) is 9.88 Å². The zero-order valence-corrected chi connectivity index (χ0v) is 15.7. The van der Waals surface area contributed by atoms with Crippen molar-refractivity contribution in [3.63, 3.8) is 0 Å². The van der Waals surface area contributed by atoms with Crippen molar-refractivity contribution in [2.24, 2.45) is 0 Å². The molecule has 4 heterocycles. The molecule has 2 fully saturated rings. The predicted molar refractivity (Wildman–Crippen MR) is 102 cm³/mol. The number of hydrogen-bond acceptors (Lipinski definition) is 5. The molecule has 0 N–H and O–H groups in total. The van der Waals surface area contributed by atoms with Gasteiger partial charge in [-0.15, -0.1) is 0 Å². The molecule has 5 nitrogen and oxygen atoms in total. The van der Waals surface area contributed by atoms with Gasteiger partial charge in [-0.1, -0.05) is 0 Å². The zero-order valence-electron chi connectivity index (χ0n) is 15.7. The molecule has 140 valence electrons. The SMILES string of the molecule is Cc1cc(N2CCCN(Cc3ccc([C@@H]4CCCCO4)o3)CC2)ccn1. The summed E-state index contributed by atoms with van der Waals surface area (Å²) in [5.74, 6) is 2.06. The van der Waals surface area contributed by atoms with E-state index in [-0.39, 0.29) is 6.10 Å². The first-order chi connectivity index (χ1) is 12.8. The Hall–Kier alpha value is -1.85. The van der Waals surface area contributed by atoms with E-state index in [0.29, 0.717) is 0 Å². The van der Waals surface area contributed by atoms with Gasteiger partial charge in [0.25, 0.3) is 0 Å². The molecular formula is C21H29N3O2. The first kappa shape index (κ1) is 17.6. The number of aromatic nitrogens is 1. The molecule has 5 heteroatoms. The fourth-order valence-electron chi connectivity index (χ4n) is 3.95. The van der Waals surface area contributed by atoms with Gasteiger partial charge in [0.1, 0.15) is 17.6 Å². The third-order valence-corrected chi connectivity index (χ3v) is 5.39. The van der Waals surface area contributed by atoms with Crippen LogP contribution in [0.4, 0.5) is 5.69 Å². The summed E-state index contributed by atoms with van der Waals surface area (Å²) >= 11 is 0. The molecule has 2 aliphatic rings. The van der Waals surface area contributed by atoms with Gasteiger partial charge < -0.3 is 14.1 Å². The number of anilines is 1. The first-order valence-electron chi connectivity index (χ1n) is 9.88. The number of ether oxygens (including phenoxy) is 1. The van der Waals surface area contributed by atoms with Gasteiger partial charge in [0.15, 0.2) is 0 Å². The van der Waals surface area contributed by atoms with Crippen LogP contribution in [-0.2, 0) is 11.3 Å². The van der Waals surface area contributed by atoms with E-state index >= 15 is 0 Å². The van der Waals surface area contributed by atoms with Crippen molar-refractivity contribution < 1.29 is 9.15 Å². The van der Waals surface area contributed by atoms with Crippen LogP contribution in [0.5, 0.6) is 0 Å². The Kier molecular flexibility index (Phi) is 5.56. The average molecular weight is 355 g/mol. The Balaban J connectivity index is 1.34. The third kappa shape index (κ3) is 4.27. The van der Waals surface area contributed by atoms with Gasteiger partial charge in [-0.05, 0) is 56.9 Å². The summed E-state index contributed by atoms with van der Waals surface area (Å²) in [6.45, 7) is 8.10. The van der Waals surface area contributed by atoms with Gasteiger partial charge >= 0.3 is 0 Å². The minimum absolute atomic E-state index is 0.159. The largest absolute Gasteiger partial charge is 0.462 e. The maximum absolute atomic E-state index is 6.11. The van der Waals surface area contributed by atoms with E-state index in [4.69, 9.17) is 9.15 Å². The molecule has 0 amide bonds. The van der Waals surface area contributed by atoms with E-state index in [0.717, 1.165) is 63.0 Å². The lowest BCUT2D eigenvalue weighted by Crippen LogP contribution is -2.30. The molecule has 4 rings (SSSR count). The molecule has 0 unspecified atom stereocenters. The van der Waals surface area contributed by atoms with Crippen LogP contribution in [0, 0.1) is 6.92 Å². The molecule has 2 saturated heterocycles. The predicted octanol–water partition coefficient (Wildman–Crippen LogP) is 3.94. The molecule has 1 atom stereocenters. The summed E-state index contributed by atoms with van der Waals surface area (Å²) in [6.07, 6.45) is 6.72. The summed E-state index contributed by atoms with van der Waals surface area (Å²) < 4.78 is 11.9. The molecule has 2 aliphatic heterocycles. The minimum atomic E-state index is 0.159. The Morgan fingerprint density at radius 1 is 1.08 bits per heavy atom. The maximum atomic E-state index is 6.11. The van der Waals surface area contributed by atoms with Gasteiger partial charge in [-0.3, -0.25) is 9.88 Å². The molecule has 26 heavy (non-hydrogen) atoms. The second-order valence-corrected chi connectivity index (χ2v) is 7.43. The Bertz CT molecular complexity index is 709. The zero-order chi connectivity index (χ0) is 17.8. The van der Waals surface area contributed by atoms with Gasteiger partial charge in [0.05, 0.1) is 6.54 Å². The number of furan rings is 1. The van der Waals surface area contributed by atoms with Crippen molar-refractivity contribution in [2.75, 3.05) is 37.7 Å². The van der Waals surface area contributed by atoms with Crippen LogP contribution in [0.1, 0.15) is 49.0 Å². The van der Waals surface area contributed by atoms with Crippen LogP contribution in [0.3, 0.4) is 0 Å². The average Bonchev–Trinajstić information content (AvgIpc) is 3.00. The van der Waals surface area contributed by atoms with Crippen LogP contribution < -0.4 is 4.90 Å². The number of pyridine rings is 1. The molecule has 0 bridgehead atoms. The van der Waals surface area contributed by atoms with Crippen LogP contribution >= 0.6 is 0 Å². The van der Waals surface area contributed by atoms with Crippen LogP contribution in [0.2, 0.25) is 0 Å². The Morgan fingerprint density at radius 3 is 2.88 bits per heavy atom. The van der Waals surface area contributed by atoms with E-state index in [1.165, 1.54) is 24.9 Å². The van der Waals surface area contributed by atoms with Crippen LogP contribution in [0.25, 0.3) is 0 Å². The van der Waals surface area contributed by atoms with Gasteiger partial charge in [-0.25, -0.2) is 0 Å². The van der Waals surface area contributed by atoms with Gasteiger partial charge in [-0.2, -0.15) is 0 Å². The Labute approximate surface area is 156 Å². The number of rotatable bonds is 4. The number of aryl methyl sites for hydroxylation is 1. The summed E-state index contributed by atoms with van der Waals surface area (Å²) in [6, 6.07) is 8.53. The topological polar surface area (TPSA) is 41.7 Å². The normalized spacial score (nSPS) is 22.3. The third-order valence-electron chi connectivity index (χ3n) is 5.39. The highest BCUT2D eigenvalue weighted by Crippen LogP contribution is 2.29. The summed E-state index contributed by atoms with van der Waals surface area (Å²) in [4.78, 5) is 9.28. The van der Waals surface area contributed by atoms with E-state index in [2.05, 4.69) is 46.0 Å². The van der Waals surface area contributed by atoms with Crippen molar-refractivity contribution >= 4 is 5.69 Å². The Morgan fingerprint density at radius 2 is 2.04 bits per heavy atom. The maximum Gasteiger partial charge on any atom is 0.133 e. The van der Waals surface area contributed by atoms with E-state index in [9.17, 15) is 0 Å². The highest BCUT2D eigenvalue weighted by Gasteiger charge is 2.21. The lowest BCUT2D eigenvalue weighted by atomic mass is 10.1. The fourth-order valence-corrected chi connectivity index (χ4v) is 3.95. The van der Waals surface area contributed by atoms with E-state index in [1.54, 1.807) is 0 Å². The quantitative estimate of drug-likeness (QED) is 0.831. The molecule has 2 aromatic heterocycles. The lowest BCUT2D eigenvalue weighted by Gasteiger charge is -2.23. The monoisotopic (exact) mass is 355 g/mol. The van der Waals surface area contributed by atoms with Crippen LogP contribution in [0.15, 0.2) is 34.9 Å². The summed E-state index contributed by atoms with van der Waals surface area (Å²) in [5.41, 5.74) is 2.37. The standard InChI is InChI=1S/C21H29N3O2/c1-17-15-18(8-9-22-17)24-11-4-10-23(12-13-24)16-19-6-7-21(26-19)20-5-2-3-14-25-20/h6-9,15,20H,2-5,10-14,16H2,1H3/t20-/m0/s1. The number of hydrogen-bond donors (Lipinski definition) is 0. The molecule has 2 aromatic rings. The molecule has 0 aromatic carbocycles. The van der Waals surface area contributed by atoms with Crippen molar-refractivity contribution in [2.45, 2.75) is 45.3 Å². The van der Waals surface area contributed by atoms with Crippen molar-refractivity contribution in [1.29, 1.82) is 0 Å². The molecular weight excluding hydrogens is 326 g/mol. The van der Waals surface area contributed by atoms with E-state index in [1.807, 2.05) is 6.20 Å². The van der Waals surface area contributed by atoms with Gasteiger partial charge in [0.2, 0.25) is 0 Å². The fraction of sp³-hybridized carbons (Fsp3) is 0.571. The van der Waals surface area contributed by atoms with Gasteiger partial charge in [0, 0.05) is 50.4 Å². The van der Waals surface area contributed by atoms with E-state index < -0.39 is 0 Å². The molecule has 0 saturated carbocycles. The second-order valence-electron chi connectivity index (χ2n) is 7.43. The molecule has 0 radical (unpaired) electrons. The first-order valence-corrected chi connectivity index (χ1v) is 9.88. The van der Waals surface area contributed by atoms with Crippen molar-refractivity contribution in [3.8, 4) is 0 Å². The smallest absolute Gasteiger partial charge is 0.133 e. The molecule has 0 aliphatic carbocycles. The molecule has 0 spiro atoms. The highest BCUT2D eigenvalue weighted by molar-refractivity contribution is 5.46. The minimum Gasteiger partial charge on any atom is -0.462 e. The highest BCUT2D eigenvalue weighted by atomic mass is 16.5. The second kappa shape index (κ2) is 8.23. The van der Waals surface area contributed by atoms with Crippen LogP contribution in [-0.4, -0.2) is 42.7 Å². The number of nitrogens with zero attached hydrogens (tertiary/aromatic N) is 3. The lowest BCUT2D eigenvalue weighted by molar-refractivity contribution is 0.000872. The summed E-state index contributed by atoms with van der Waals surface area (Å²) in [7, 11) is 0. The summed E-state index contributed by atoms with van der Waals surface area (Å²) in [5, 5.41) is 0.